The summed E-state index contributed by atoms with van der Waals surface area (Å²) in [5.74, 6) is 0.0617. The molecule has 0 saturated heterocycles. The van der Waals surface area contributed by atoms with Gasteiger partial charge >= 0.3 is 0 Å². The zero-order valence-corrected chi connectivity index (χ0v) is 14.6. The molecular formula is C15H15N3O7S. The number of nitro groups is 1. The lowest BCUT2D eigenvalue weighted by Crippen LogP contribution is -2.18. The van der Waals surface area contributed by atoms with Gasteiger partial charge in [-0.25, -0.2) is 4.83 Å². The number of rotatable bonds is 7. The van der Waals surface area contributed by atoms with Crippen molar-refractivity contribution in [3.8, 4) is 17.2 Å². The van der Waals surface area contributed by atoms with Gasteiger partial charge in [0.05, 0.1) is 30.3 Å². The van der Waals surface area contributed by atoms with E-state index in [0.717, 1.165) is 24.3 Å². The van der Waals surface area contributed by atoms with Crippen LogP contribution in [0.15, 0.2) is 46.4 Å². The molecular weight excluding hydrogens is 366 g/mol. The van der Waals surface area contributed by atoms with Crippen LogP contribution in [0.3, 0.4) is 0 Å². The summed E-state index contributed by atoms with van der Waals surface area (Å²) in [6.45, 7) is 0. The topological polar surface area (TPSA) is 140 Å². The third-order valence-electron chi connectivity index (χ3n) is 3.25. The standard InChI is InChI=1S/C15H15N3O7S/c1-24-13-7-10(8-14(25-2)15(13)19)9-16-17-26(22,23)12-5-3-11(4-6-12)18(20)21/h3-9,17,19H,1-2H3/b16-9-. The van der Waals surface area contributed by atoms with E-state index in [1.807, 2.05) is 4.83 Å². The number of aromatic hydroxyl groups is 1. The Morgan fingerprint density at radius 3 is 2.15 bits per heavy atom. The van der Waals surface area contributed by atoms with Gasteiger partial charge in [-0.2, -0.15) is 13.5 Å². The van der Waals surface area contributed by atoms with Gasteiger partial charge in [0, 0.05) is 17.7 Å². The highest BCUT2D eigenvalue weighted by Crippen LogP contribution is 2.36. The van der Waals surface area contributed by atoms with Crippen LogP contribution >= 0.6 is 0 Å². The molecule has 0 spiro atoms. The number of hydrogen-bond acceptors (Lipinski definition) is 8. The van der Waals surface area contributed by atoms with Crippen LogP contribution in [0.5, 0.6) is 17.2 Å². The normalized spacial score (nSPS) is 11.3. The van der Waals surface area contributed by atoms with Gasteiger partial charge in [-0.15, -0.1) is 0 Å². The number of ether oxygens (including phenoxy) is 2. The number of phenolic OH excluding ortho intramolecular Hbond substituents is 1. The lowest BCUT2D eigenvalue weighted by atomic mass is 10.2. The number of phenols is 1. The maximum Gasteiger partial charge on any atom is 0.276 e. The molecule has 2 N–H and O–H groups in total. The predicted molar refractivity (Wildman–Crippen MR) is 92.2 cm³/mol. The van der Waals surface area contributed by atoms with Crippen molar-refractivity contribution in [1.29, 1.82) is 0 Å². The average molecular weight is 381 g/mol. The molecule has 2 aromatic rings. The molecule has 0 unspecified atom stereocenters. The third-order valence-corrected chi connectivity index (χ3v) is 4.49. The number of sulfonamides is 1. The molecule has 0 radical (unpaired) electrons. The Labute approximate surface area is 148 Å². The van der Waals surface area contributed by atoms with E-state index in [0.29, 0.717) is 5.56 Å². The molecule has 138 valence electrons. The van der Waals surface area contributed by atoms with Crippen LogP contribution in [0.2, 0.25) is 0 Å². The zero-order valence-electron chi connectivity index (χ0n) is 13.7. The number of nitro benzene ring substituents is 1. The lowest BCUT2D eigenvalue weighted by Gasteiger charge is -2.09. The van der Waals surface area contributed by atoms with Gasteiger partial charge in [0.2, 0.25) is 5.75 Å². The average Bonchev–Trinajstić information content (AvgIpc) is 2.62. The molecule has 0 aliphatic rings. The van der Waals surface area contributed by atoms with Crippen LogP contribution in [-0.4, -0.2) is 38.9 Å². The summed E-state index contributed by atoms with van der Waals surface area (Å²) in [7, 11) is -1.29. The van der Waals surface area contributed by atoms with E-state index in [9.17, 15) is 23.6 Å². The molecule has 0 bridgehead atoms. The van der Waals surface area contributed by atoms with Crippen LogP contribution in [0.4, 0.5) is 5.69 Å². The smallest absolute Gasteiger partial charge is 0.276 e. The maximum atomic E-state index is 12.1. The zero-order chi connectivity index (χ0) is 19.3. The van der Waals surface area contributed by atoms with E-state index < -0.39 is 14.9 Å². The van der Waals surface area contributed by atoms with E-state index in [2.05, 4.69) is 5.10 Å². The van der Waals surface area contributed by atoms with Crippen molar-refractivity contribution in [3.63, 3.8) is 0 Å². The Morgan fingerprint density at radius 1 is 1.15 bits per heavy atom. The highest BCUT2D eigenvalue weighted by molar-refractivity contribution is 7.89. The number of hydrogen-bond donors (Lipinski definition) is 2. The molecule has 0 fully saturated rings. The second-order valence-electron chi connectivity index (χ2n) is 4.88. The van der Waals surface area contributed by atoms with E-state index in [1.165, 1.54) is 32.6 Å². The quantitative estimate of drug-likeness (QED) is 0.422. The number of methoxy groups -OCH3 is 2. The van der Waals surface area contributed by atoms with Gasteiger partial charge in [-0.05, 0) is 24.3 Å². The highest BCUT2D eigenvalue weighted by atomic mass is 32.2. The molecule has 0 aliphatic heterocycles. The third kappa shape index (κ3) is 4.19. The lowest BCUT2D eigenvalue weighted by molar-refractivity contribution is -0.384. The molecule has 0 atom stereocenters. The number of benzene rings is 2. The van der Waals surface area contributed by atoms with Crippen molar-refractivity contribution in [2.45, 2.75) is 4.90 Å². The highest BCUT2D eigenvalue weighted by Gasteiger charge is 2.15. The Hall–Kier alpha value is -3.34. The van der Waals surface area contributed by atoms with Gasteiger partial charge < -0.3 is 14.6 Å². The molecule has 2 rings (SSSR count). The summed E-state index contributed by atoms with van der Waals surface area (Å²) in [6, 6.07) is 7.22. The van der Waals surface area contributed by atoms with Crippen LogP contribution in [0.1, 0.15) is 5.56 Å². The van der Waals surface area contributed by atoms with Crippen molar-refractivity contribution in [1.82, 2.24) is 4.83 Å². The first-order valence-electron chi connectivity index (χ1n) is 7.03. The van der Waals surface area contributed by atoms with Crippen molar-refractivity contribution < 1.29 is 27.9 Å². The SMILES string of the molecule is COc1cc(/C=N\NS(=O)(=O)c2ccc([N+](=O)[O-])cc2)cc(OC)c1O. The summed E-state index contributed by atoms with van der Waals surface area (Å²) >= 11 is 0. The maximum absolute atomic E-state index is 12.1. The molecule has 10 nitrogen and oxygen atoms in total. The molecule has 11 heteroatoms. The van der Waals surface area contributed by atoms with Gasteiger partial charge in [-0.1, -0.05) is 0 Å². The minimum Gasteiger partial charge on any atom is -0.502 e. The second kappa shape index (κ2) is 7.70. The Kier molecular flexibility index (Phi) is 5.62. The van der Waals surface area contributed by atoms with E-state index >= 15 is 0 Å². The molecule has 0 aliphatic carbocycles. The van der Waals surface area contributed by atoms with Crippen molar-refractivity contribution in [3.05, 3.63) is 52.1 Å². The first kappa shape index (κ1) is 19.0. The second-order valence-corrected chi connectivity index (χ2v) is 6.54. The molecule has 2 aromatic carbocycles. The van der Waals surface area contributed by atoms with Gasteiger partial charge in [0.15, 0.2) is 11.5 Å². The number of nitrogens with zero attached hydrogens (tertiary/aromatic N) is 2. The number of hydrazone groups is 1. The van der Waals surface area contributed by atoms with Gasteiger partial charge in [0.1, 0.15) is 0 Å². The van der Waals surface area contributed by atoms with Crippen molar-refractivity contribution in [2.24, 2.45) is 5.10 Å². The summed E-state index contributed by atoms with van der Waals surface area (Å²) in [6.07, 6.45) is 1.19. The van der Waals surface area contributed by atoms with E-state index in [4.69, 9.17) is 9.47 Å². The Balaban J connectivity index is 2.20. The monoisotopic (exact) mass is 381 g/mol. The molecule has 0 heterocycles. The van der Waals surface area contributed by atoms with Crippen LogP contribution in [0.25, 0.3) is 0 Å². The molecule has 26 heavy (non-hydrogen) atoms. The van der Waals surface area contributed by atoms with Gasteiger partial charge in [-0.3, -0.25) is 10.1 Å². The fraction of sp³-hybridized carbons (Fsp3) is 0.133. The van der Waals surface area contributed by atoms with E-state index in [1.54, 1.807) is 0 Å². The fourth-order valence-electron chi connectivity index (χ4n) is 1.96. The predicted octanol–water partition coefficient (Wildman–Crippen LogP) is 1.63. The summed E-state index contributed by atoms with van der Waals surface area (Å²) < 4.78 is 34.2. The van der Waals surface area contributed by atoms with Crippen LogP contribution in [0, 0.1) is 10.1 Å². The van der Waals surface area contributed by atoms with Crippen molar-refractivity contribution in [2.75, 3.05) is 14.2 Å². The van der Waals surface area contributed by atoms with Crippen LogP contribution < -0.4 is 14.3 Å². The molecule has 0 amide bonds. The molecule has 0 aromatic heterocycles. The van der Waals surface area contributed by atoms with Crippen LogP contribution in [-0.2, 0) is 10.0 Å². The first-order chi connectivity index (χ1) is 12.3. The largest absolute Gasteiger partial charge is 0.502 e. The Morgan fingerprint density at radius 2 is 1.69 bits per heavy atom. The minimum absolute atomic E-state index is 0.129. The minimum atomic E-state index is -3.99. The molecule has 0 saturated carbocycles. The van der Waals surface area contributed by atoms with Crippen molar-refractivity contribution >= 4 is 21.9 Å². The summed E-state index contributed by atoms with van der Waals surface area (Å²) in [4.78, 5) is 11.8. The Bertz CT molecular complexity index is 915. The fourth-order valence-corrected chi connectivity index (χ4v) is 2.75. The summed E-state index contributed by atoms with van der Waals surface area (Å²) in [5, 5.41) is 24.1. The first-order valence-corrected chi connectivity index (χ1v) is 8.51. The number of non-ortho nitro benzene ring substituents is 1. The van der Waals surface area contributed by atoms with Gasteiger partial charge in [0.25, 0.3) is 15.7 Å². The van der Waals surface area contributed by atoms with E-state index in [-0.39, 0.29) is 27.8 Å². The number of nitrogens with one attached hydrogen (secondary N) is 1. The summed E-state index contributed by atoms with van der Waals surface area (Å²) in [5.41, 5.74) is 0.179.